The number of rotatable bonds is 2. The van der Waals surface area contributed by atoms with E-state index in [4.69, 9.17) is 5.73 Å². The Morgan fingerprint density at radius 3 is 2.74 bits per heavy atom. The third-order valence-electron chi connectivity index (χ3n) is 2.99. The maximum absolute atomic E-state index is 12.0. The monoisotopic (exact) mass is 347 g/mol. The third kappa shape index (κ3) is 3.39. The Kier molecular flexibility index (Phi) is 5.20. The van der Waals surface area contributed by atoms with Crippen LogP contribution in [0.4, 0.5) is 5.69 Å². The van der Waals surface area contributed by atoms with Crippen molar-refractivity contribution < 1.29 is 9.59 Å². The van der Waals surface area contributed by atoms with Crippen LogP contribution in [0.25, 0.3) is 0 Å². The molecule has 1 saturated heterocycles. The first-order valence-electron chi connectivity index (χ1n) is 5.60. The van der Waals surface area contributed by atoms with Gasteiger partial charge >= 0.3 is 0 Å². The summed E-state index contributed by atoms with van der Waals surface area (Å²) in [5, 5.41) is 2.71. The number of anilines is 1. The minimum Gasteiger partial charge on any atom is -0.398 e. The highest BCUT2D eigenvalue weighted by molar-refractivity contribution is 9.10. The molecule has 1 aliphatic heterocycles. The van der Waals surface area contributed by atoms with Crippen molar-refractivity contribution >= 4 is 45.8 Å². The summed E-state index contributed by atoms with van der Waals surface area (Å²) >= 11 is 3.28. The van der Waals surface area contributed by atoms with E-state index in [1.807, 2.05) is 0 Å². The zero-order valence-electron chi connectivity index (χ0n) is 10.4. The van der Waals surface area contributed by atoms with E-state index >= 15 is 0 Å². The molecule has 5 nitrogen and oxygen atoms in total. The SMILES string of the molecule is CN1CCC(NC(=O)c2ccc(Br)cc2N)C1=O.Cl. The van der Waals surface area contributed by atoms with Gasteiger partial charge in [-0.15, -0.1) is 12.4 Å². The molecule has 3 N–H and O–H groups in total. The number of carbonyl (C=O) groups excluding carboxylic acids is 2. The normalized spacial score (nSPS) is 18.1. The Hall–Kier alpha value is -1.27. The lowest BCUT2D eigenvalue weighted by Crippen LogP contribution is -2.40. The average Bonchev–Trinajstić information content (AvgIpc) is 2.61. The summed E-state index contributed by atoms with van der Waals surface area (Å²) in [4.78, 5) is 25.3. The first-order valence-corrected chi connectivity index (χ1v) is 6.39. The average molecular weight is 349 g/mol. The second-order valence-electron chi connectivity index (χ2n) is 4.31. The van der Waals surface area contributed by atoms with Crippen LogP contribution >= 0.6 is 28.3 Å². The van der Waals surface area contributed by atoms with Gasteiger partial charge < -0.3 is 16.0 Å². The van der Waals surface area contributed by atoms with Crippen molar-refractivity contribution in [2.75, 3.05) is 19.3 Å². The number of nitrogens with one attached hydrogen (secondary N) is 1. The zero-order valence-corrected chi connectivity index (χ0v) is 12.8. The van der Waals surface area contributed by atoms with Gasteiger partial charge in [-0.25, -0.2) is 0 Å². The van der Waals surface area contributed by atoms with Crippen molar-refractivity contribution in [3.8, 4) is 0 Å². The summed E-state index contributed by atoms with van der Waals surface area (Å²) in [6.07, 6.45) is 0.636. The van der Waals surface area contributed by atoms with Crippen molar-refractivity contribution in [1.82, 2.24) is 10.2 Å². The number of benzene rings is 1. The molecule has 19 heavy (non-hydrogen) atoms. The van der Waals surface area contributed by atoms with Gasteiger partial charge in [0.05, 0.1) is 5.56 Å². The number of likely N-dealkylation sites (N-methyl/N-ethyl adjacent to an activating group) is 1. The topological polar surface area (TPSA) is 75.4 Å². The molecular weight excluding hydrogens is 334 g/mol. The van der Waals surface area contributed by atoms with Crippen molar-refractivity contribution in [2.24, 2.45) is 0 Å². The molecule has 1 aliphatic rings. The lowest BCUT2D eigenvalue weighted by Gasteiger charge is -2.13. The summed E-state index contributed by atoms with van der Waals surface area (Å²) in [6.45, 7) is 0.666. The summed E-state index contributed by atoms with van der Waals surface area (Å²) < 4.78 is 0.813. The number of carbonyl (C=O) groups is 2. The highest BCUT2D eigenvalue weighted by Crippen LogP contribution is 2.19. The molecule has 1 aromatic carbocycles. The predicted molar refractivity (Wildman–Crippen MR) is 79.3 cm³/mol. The van der Waals surface area contributed by atoms with Gasteiger partial charge in [-0.2, -0.15) is 0 Å². The van der Waals surface area contributed by atoms with Crippen LogP contribution in [0.3, 0.4) is 0 Å². The standard InChI is InChI=1S/C12H14BrN3O2.ClH/c1-16-5-4-10(12(16)18)15-11(17)8-3-2-7(13)6-9(8)14;/h2-3,6,10H,4-5,14H2,1H3,(H,15,17);1H. The molecule has 1 atom stereocenters. The minimum atomic E-state index is -0.439. The first-order chi connectivity index (χ1) is 8.49. The van der Waals surface area contributed by atoms with Gasteiger partial charge in [0, 0.05) is 23.8 Å². The van der Waals surface area contributed by atoms with E-state index in [0.29, 0.717) is 24.2 Å². The fourth-order valence-electron chi connectivity index (χ4n) is 1.93. The fraction of sp³-hybridized carbons (Fsp3) is 0.333. The van der Waals surface area contributed by atoms with Crippen molar-refractivity contribution in [2.45, 2.75) is 12.5 Å². The Morgan fingerprint density at radius 1 is 1.53 bits per heavy atom. The van der Waals surface area contributed by atoms with Crippen LogP contribution in [0.2, 0.25) is 0 Å². The largest absolute Gasteiger partial charge is 0.398 e. The molecule has 104 valence electrons. The molecule has 0 aromatic heterocycles. The Morgan fingerprint density at radius 2 is 2.21 bits per heavy atom. The number of nitrogen functional groups attached to an aromatic ring is 1. The van der Waals surface area contributed by atoms with Crippen LogP contribution in [-0.4, -0.2) is 36.3 Å². The van der Waals surface area contributed by atoms with E-state index < -0.39 is 6.04 Å². The maximum atomic E-state index is 12.0. The van der Waals surface area contributed by atoms with Crippen molar-refractivity contribution in [1.29, 1.82) is 0 Å². The van der Waals surface area contributed by atoms with Gasteiger partial charge in [-0.05, 0) is 24.6 Å². The van der Waals surface area contributed by atoms with E-state index in [0.717, 1.165) is 4.47 Å². The predicted octanol–water partition coefficient (Wildman–Crippen LogP) is 1.41. The van der Waals surface area contributed by atoms with E-state index in [1.54, 1.807) is 30.1 Å². The molecule has 7 heteroatoms. The van der Waals surface area contributed by atoms with Gasteiger partial charge in [0.2, 0.25) is 5.91 Å². The number of nitrogens with two attached hydrogens (primary N) is 1. The fourth-order valence-corrected chi connectivity index (χ4v) is 2.31. The van der Waals surface area contributed by atoms with Gasteiger partial charge in [0.25, 0.3) is 5.91 Å². The molecule has 0 spiro atoms. The first kappa shape index (κ1) is 15.8. The van der Waals surface area contributed by atoms with Crippen LogP contribution in [-0.2, 0) is 4.79 Å². The van der Waals surface area contributed by atoms with Crippen LogP contribution in [0.1, 0.15) is 16.8 Å². The molecule has 2 amide bonds. The summed E-state index contributed by atoms with van der Waals surface area (Å²) in [7, 11) is 1.72. The van der Waals surface area contributed by atoms with Crippen molar-refractivity contribution in [3.63, 3.8) is 0 Å². The van der Waals surface area contributed by atoms with Crippen molar-refractivity contribution in [3.05, 3.63) is 28.2 Å². The van der Waals surface area contributed by atoms with Gasteiger partial charge in [0.15, 0.2) is 0 Å². The Bertz CT molecular complexity index is 510. The zero-order chi connectivity index (χ0) is 13.3. The van der Waals surface area contributed by atoms with E-state index in [9.17, 15) is 9.59 Å². The molecule has 0 bridgehead atoms. The lowest BCUT2D eigenvalue weighted by molar-refractivity contribution is -0.128. The smallest absolute Gasteiger partial charge is 0.254 e. The number of nitrogens with zero attached hydrogens (tertiary/aromatic N) is 1. The lowest BCUT2D eigenvalue weighted by atomic mass is 10.1. The number of halogens is 2. The number of hydrogen-bond acceptors (Lipinski definition) is 3. The summed E-state index contributed by atoms with van der Waals surface area (Å²) in [6, 6.07) is 4.61. The minimum absolute atomic E-state index is 0. The highest BCUT2D eigenvalue weighted by atomic mass is 79.9. The maximum Gasteiger partial charge on any atom is 0.254 e. The third-order valence-corrected chi connectivity index (χ3v) is 3.48. The molecular formula is C12H15BrClN3O2. The van der Waals surface area contributed by atoms with Crippen LogP contribution < -0.4 is 11.1 Å². The van der Waals surface area contributed by atoms with Crippen LogP contribution in [0, 0.1) is 0 Å². The Balaban J connectivity index is 0.00000180. The highest BCUT2D eigenvalue weighted by Gasteiger charge is 2.30. The van der Waals surface area contributed by atoms with E-state index in [2.05, 4.69) is 21.2 Å². The van der Waals surface area contributed by atoms with Gasteiger partial charge in [0.1, 0.15) is 6.04 Å². The molecule has 0 radical (unpaired) electrons. The molecule has 2 rings (SSSR count). The molecule has 1 unspecified atom stereocenters. The van der Waals surface area contributed by atoms with E-state index in [1.165, 1.54) is 0 Å². The Labute approximate surface area is 126 Å². The molecule has 0 aliphatic carbocycles. The van der Waals surface area contributed by atoms with E-state index in [-0.39, 0.29) is 24.2 Å². The molecule has 1 heterocycles. The second-order valence-corrected chi connectivity index (χ2v) is 5.22. The molecule has 1 fully saturated rings. The van der Waals surface area contributed by atoms with Crippen LogP contribution in [0.5, 0.6) is 0 Å². The number of likely N-dealkylation sites (tertiary alicyclic amines) is 1. The number of amides is 2. The molecule has 1 aromatic rings. The second kappa shape index (κ2) is 6.25. The van der Waals surface area contributed by atoms with Crippen LogP contribution in [0.15, 0.2) is 22.7 Å². The quantitative estimate of drug-likeness (QED) is 0.794. The van der Waals surface area contributed by atoms with Gasteiger partial charge in [-0.1, -0.05) is 15.9 Å². The number of hydrogen-bond donors (Lipinski definition) is 2. The summed E-state index contributed by atoms with van der Waals surface area (Å²) in [5.41, 5.74) is 6.55. The molecule has 0 saturated carbocycles. The van der Waals surface area contributed by atoms with Gasteiger partial charge in [-0.3, -0.25) is 9.59 Å². The summed E-state index contributed by atoms with van der Waals surface area (Å²) in [5.74, 6) is -0.368.